The number of hydrogen-bond donors (Lipinski definition) is 1. The molecule has 0 atom stereocenters. The van der Waals surface area contributed by atoms with Crippen LogP contribution >= 0.6 is 15.9 Å². The van der Waals surface area contributed by atoms with Crippen molar-refractivity contribution in [3.05, 3.63) is 86.6 Å². The van der Waals surface area contributed by atoms with Gasteiger partial charge in [-0.3, -0.25) is 14.9 Å². The normalized spacial score (nSPS) is 10.8. The molecule has 0 aliphatic carbocycles. The van der Waals surface area contributed by atoms with Gasteiger partial charge < -0.3 is 4.42 Å². The van der Waals surface area contributed by atoms with Crippen LogP contribution in [0.1, 0.15) is 16.1 Å². The Kier molecular flexibility index (Phi) is 5.23. The Morgan fingerprint density at radius 1 is 1.08 bits per heavy atom. The molecule has 1 N–H and O–H groups in total. The first-order chi connectivity index (χ1) is 12.5. The van der Waals surface area contributed by atoms with Gasteiger partial charge in [-0.15, -0.1) is 0 Å². The molecule has 0 unspecified atom stereocenters. The molecule has 0 saturated heterocycles. The lowest BCUT2D eigenvalue weighted by Gasteiger charge is -1.99. The average molecular weight is 414 g/mol. The second-order valence-electron chi connectivity index (χ2n) is 5.21. The third kappa shape index (κ3) is 4.22. The molecule has 0 spiro atoms. The molecule has 0 radical (unpaired) electrons. The number of carbonyl (C=O) groups excluding carboxylic acids is 1. The van der Waals surface area contributed by atoms with Crippen molar-refractivity contribution in [2.45, 2.75) is 0 Å². The molecule has 3 rings (SSSR count). The van der Waals surface area contributed by atoms with Crippen molar-refractivity contribution in [3.63, 3.8) is 0 Å². The highest BCUT2D eigenvalue weighted by molar-refractivity contribution is 9.10. The fourth-order valence-electron chi connectivity index (χ4n) is 2.15. The van der Waals surface area contributed by atoms with E-state index in [1.165, 1.54) is 30.5 Å². The monoisotopic (exact) mass is 413 g/mol. The summed E-state index contributed by atoms with van der Waals surface area (Å²) in [6.07, 6.45) is 1.38. The van der Waals surface area contributed by atoms with Crippen LogP contribution in [0.15, 0.2) is 74.7 Å². The van der Waals surface area contributed by atoms with Crippen LogP contribution in [-0.4, -0.2) is 17.0 Å². The first-order valence-corrected chi connectivity index (χ1v) is 8.26. The molecule has 0 bridgehead atoms. The minimum absolute atomic E-state index is 0.0823. The summed E-state index contributed by atoms with van der Waals surface area (Å²) in [6.45, 7) is 0. The number of nitro groups is 1. The Morgan fingerprint density at radius 3 is 2.42 bits per heavy atom. The standard InChI is InChI=1S/C18H12BrN3O4/c19-14-5-1-12(2-6-14)17-10-9-16(26-17)11-20-21-18(23)13-3-7-15(8-4-13)22(24)25/h1-11H,(H,21,23)/b20-11+. The van der Waals surface area contributed by atoms with Crippen LogP contribution in [0.2, 0.25) is 0 Å². The van der Waals surface area contributed by atoms with Crippen molar-refractivity contribution in [1.29, 1.82) is 0 Å². The number of nitrogens with zero attached hydrogens (tertiary/aromatic N) is 2. The second kappa shape index (κ2) is 7.75. The van der Waals surface area contributed by atoms with E-state index in [1.807, 2.05) is 30.3 Å². The van der Waals surface area contributed by atoms with Gasteiger partial charge >= 0.3 is 0 Å². The minimum atomic E-state index is -0.528. The van der Waals surface area contributed by atoms with Gasteiger partial charge in [0.1, 0.15) is 11.5 Å². The lowest BCUT2D eigenvalue weighted by atomic mass is 10.2. The zero-order chi connectivity index (χ0) is 18.5. The fourth-order valence-corrected chi connectivity index (χ4v) is 2.41. The molecular formula is C18H12BrN3O4. The van der Waals surface area contributed by atoms with Gasteiger partial charge in [0.05, 0.1) is 11.1 Å². The molecule has 26 heavy (non-hydrogen) atoms. The van der Waals surface area contributed by atoms with Crippen molar-refractivity contribution >= 4 is 33.7 Å². The molecule has 8 heteroatoms. The number of carbonyl (C=O) groups is 1. The maximum Gasteiger partial charge on any atom is 0.271 e. The number of non-ortho nitro benzene ring substituents is 1. The number of nitrogens with one attached hydrogen (secondary N) is 1. The molecule has 3 aromatic rings. The Morgan fingerprint density at radius 2 is 1.77 bits per heavy atom. The summed E-state index contributed by atoms with van der Waals surface area (Å²) in [5.41, 5.74) is 3.45. The topological polar surface area (TPSA) is 97.7 Å². The number of amides is 1. The molecule has 0 fully saturated rings. The lowest BCUT2D eigenvalue weighted by Crippen LogP contribution is -2.17. The number of furan rings is 1. The molecule has 0 aliphatic rings. The number of benzene rings is 2. The molecule has 7 nitrogen and oxygen atoms in total. The van der Waals surface area contributed by atoms with Gasteiger partial charge in [0.15, 0.2) is 0 Å². The van der Waals surface area contributed by atoms with E-state index in [4.69, 9.17) is 4.42 Å². The van der Waals surface area contributed by atoms with Crippen molar-refractivity contribution in [1.82, 2.24) is 5.43 Å². The number of halogens is 1. The summed E-state index contributed by atoms with van der Waals surface area (Å²) >= 11 is 3.38. The van der Waals surface area contributed by atoms with Crippen LogP contribution in [0, 0.1) is 10.1 Å². The second-order valence-corrected chi connectivity index (χ2v) is 6.13. The summed E-state index contributed by atoms with van der Waals surface area (Å²) in [6, 6.07) is 16.4. The van der Waals surface area contributed by atoms with Crippen molar-refractivity contribution < 1.29 is 14.1 Å². The maximum absolute atomic E-state index is 11.9. The Bertz CT molecular complexity index is 963. The van der Waals surface area contributed by atoms with Crippen LogP contribution in [0.5, 0.6) is 0 Å². The van der Waals surface area contributed by atoms with E-state index in [2.05, 4.69) is 26.5 Å². The molecule has 2 aromatic carbocycles. The van der Waals surface area contributed by atoms with Gasteiger partial charge in [0.25, 0.3) is 11.6 Å². The SMILES string of the molecule is O=C(N/N=C/c1ccc(-c2ccc(Br)cc2)o1)c1ccc([N+](=O)[O-])cc1. The van der Waals surface area contributed by atoms with Gasteiger partial charge in [-0.2, -0.15) is 5.10 Å². The largest absolute Gasteiger partial charge is 0.455 e. The predicted molar refractivity (Wildman–Crippen MR) is 100 cm³/mol. The number of nitro benzene ring substituents is 1. The molecule has 1 aromatic heterocycles. The summed E-state index contributed by atoms with van der Waals surface area (Å²) in [5, 5.41) is 14.4. The summed E-state index contributed by atoms with van der Waals surface area (Å²) in [4.78, 5) is 22.0. The lowest BCUT2D eigenvalue weighted by molar-refractivity contribution is -0.384. The van der Waals surface area contributed by atoms with Gasteiger partial charge in [0, 0.05) is 27.7 Å². The molecule has 130 valence electrons. The van der Waals surface area contributed by atoms with E-state index in [0.29, 0.717) is 11.5 Å². The van der Waals surface area contributed by atoms with Gasteiger partial charge in [-0.1, -0.05) is 28.1 Å². The number of rotatable bonds is 5. The van der Waals surface area contributed by atoms with Crippen LogP contribution in [0.25, 0.3) is 11.3 Å². The minimum Gasteiger partial charge on any atom is -0.455 e. The van der Waals surface area contributed by atoms with E-state index in [0.717, 1.165) is 10.0 Å². The first kappa shape index (κ1) is 17.6. The Labute approximate surface area is 156 Å². The van der Waals surface area contributed by atoms with Gasteiger partial charge in [0.2, 0.25) is 0 Å². The Hall–Kier alpha value is -3.26. The molecule has 0 saturated carbocycles. The summed E-state index contributed by atoms with van der Waals surface area (Å²) in [5.74, 6) is 0.684. The van der Waals surface area contributed by atoms with Crippen LogP contribution in [0.3, 0.4) is 0 Å². The third-order valence-electron chi connectivity index (χ3n) is 3.45. The average Bonchev–Trinajstić information content (AvgIpc) is 3.11. The summed E-state index contributed by atoms with van der Waals surface area (Å²) < 4.78 is 6.62. The van der Waals surface area contributed by atoms with Crippen molar-refractivity contribution in [3.8, 4) is 11.3 Å². The molecular weight excluding hydrogens is 402 g/mol. The van der Waals surface area contributed by atoms with Crippen molar-refractivity contribution in [2.24, 2.45) is 5.10 Å². The summed E-state index contributed by atoms with van der Waals surface area (Å²) in [7, 11) is 0. The van der Waals surface area contributed by atoms with E-state index >= 15 is 0 Å². The van der Waals surface area contributed by atoms with Crippen LogP contribution < -0.4 is 5.43 Å². The van der Waals surface area contributed by atoms with E-state index in [1.54, 1.807) is 6.07 Å². The van der Waals surface area contributed by atoms with E-state index in [9.17, 15) is 14.9 Å². The Balaban J connectivity index is 1.62. The number of hydrogen-bond acceptors (Lipinski definition) is 5. The van der Waals surface area contributed by atoms with E-state index in [-0.39, 0.29) is 11.3 Å². The maximum atomic E-state index is 11.9. The zero-order valence-corrected chi connectivity index (χ0v) is 14.8. The molecule has 1 amide bonds. The highest BCUT2D eigenvalue weighted by Crippen LogP contribution is 2.23. The van der Waals surface area contributed by atoms with Crippen molar-refractivity contribution in [2.75, 3.05) is 0 Å². The van der Waals surface area contributed by atoms with Crippen LogP contribution in [0.4, 0.5) is 5.69 Å². The van der Waals surface area contributed by atoms with E-state index < -0.39 is 10.8 Å². The zero-order valence-electron chi connectivity index (χ0n) is 13.3. The molecule has 1 heterocycles. The predicted octanol–water partition coefficient (Wildman–Crippen LogP) is 4.38. The number of hydrazone groups is 1. The fraction of sp³-hybridized carbons (Fsp3) is 0. The van der Waals surface area contributed by atoms with Gasteiger partial charge in [-0.05, 0) is 36.4 Å². The highest BCUT2D eigenvalue weighted by Gasteiger charge is 2.09. The quantitative estimate of drug-likeness (QED) is 0.381. The van der Waals surface area contributed by atoms with Crippen LogP contribution in [-0.2, 0) is 0 Å². The third-order valence-corrected chi connectivity index (χ3v) is 3.98. The highest BCUT2D eigenvalue weighted by atomic mass is 79.9. The first-order valence-electron chi connectivity index (χ1n) is 7.46. The molecule has 0 aliphatic heterocycles. The van der Waals surface area contributed by atoms with Gasteiger partial charge in [-0.25, -0.2) is 5.43 Å². The smallest absolute Gasteiger partial charge is 0.271 e.